The van der Waals surface area contributed by atoms with Crippen LogP contribution >= 0.6 is 0 Å². The minimum Gasteiger partial charge on any atom is -0.323 e. The predicted molar refractivity (Wildman–Crippen MR) is 81.0 cm³/mol. The average molecular weight is 283 g/mol. The third kappa shape index (κ3) is 4.96. The molecule has 0 saturated carbocycles. The predicted octanol–water partition coefficient (Wildman–Crippen LogP) is 2.76. The van der Waals surface area contributed by atoms with Gasteiger partial charge >= 0.3 is 0 Å². The highest BCUT2D eigenvalue weighted by molar-refractivity contribution is 7.91. The Morgan fingerprint density at radius 2 is 1.84 bits per heavy atom. The Bertz CT molecular complexity index is 523. The maximum atomic E-state index is 12.1. The van der Waals surface area contributed by atoms with Gasteiger partial charge in [0.2, 0.25) is 0 Å². The van der Waals surface area contributed by atoms with E-state index >= 15 is 0 Å². The molecular weight excluding hydrogens is 258 g/mol. The number of sulfone groups is 1. The van der Waals surface area contributed by atoms with Gasteiger partial charge in [-0.3, -0.25) is 0 Å². The van der Waals surface area contributed by atoms with Crippen molar-refractivity contribution < 1.29 is 8.42 Å². The van der Waals surface area contributed by atoms with E-state index in [0.717, 1.165) is 23.1 Å². The summed E-state index contributed by atoms with van der Waals surface area (Å²) >= 11 is 0. The summed E-state index contributed by atoms with van der Waals surface area (Å²) in [5.41, 5.74) is 9.19. The van der Waals surface area contributed by atoms with E-state index in [-0.39, 0.29) is 17.4 Å². The van der Waals surface area contributed by atoms with Crippen molar-refractivity contribution in [1.82, 2.24) is 0 Å². The summed E-state index contributed by atoms with van der Waals surface area (Å²) in [5, 5.41) is 0. The van der Waals surface area contributed by atoms with Gasteiger partial charge in [-0.1, -0.05) is 44.0 Å². The Balaban J connectivity index is 2.84. The van der Waals surface area contributed by atoms with Crippen molar-refractivity contribution in [3.05, 3.63) is 34.9 Å². The van der Waals surface area contributed by atoms with E-state index in [4.69, 9.17) is 5.73 Å². The fourth-order valence-corrected chi connectivity index (χ4v) is 4.11. The van der Waals surface area contributed by atoms with Crippen LogP contribution in [0.15, 0.2) is 18.2 Å². The fourth-order valence-electron chi connectivity index (χ4n) is 2.14. The van der Waals surface area contributed by atoms with Crippen molar-refractivity contribution in [3.63, 3.8) is 0 Å². The van der Waals surface area contributed by atoms with Gasteiger partial charge in [-0.05, 0) is 30.9 Å². The van der Waals surface area contributed by atoms with E-state index in [0.29, 0.717) is 0 Å². The molecule has 108 valence electrons. The van der Waals surface area contributed by atoms with E-state index in [9.17, 15) is 8.42 Å². The minimum absolute atomic E-state index is 0.0294. The first-order valence-electron chi connectivity index (χ1n) is 6.78. The quantitative estimate of drug-likeness (QED) is 0.873. The molecule has 4 heteroatoms. The summed E-state index contributed by atoms with van der Waals surface area (Å²) in [6, 6.07) is 5.55. The first-order chi connectivity index (χ1) is 8.75. The number of hydrogen-bond acceptors (Lipinski definition) is 3. The van der Waals surface area contributed by atoms with Crippen molar-refractivity contribution in [2.75, 3.05) is 11.5 Å². The maximum Gasteiger partial charge on any atom is 0.152 e. The Kier molecular flexibility index (Phi) is 5.56. The lowest BCUT2D eigenvalue weighted by Gasteiger charge is -2.17. The van der Waals surface area contributed by atoms with Crippen molar-refractivity contribution in [3.8, 4) is 0 Å². The average Bonchev–Trinajstić information content (AvgIpc) is 2.30. The molecule has 0 aliphatic carbocycles. The molecule has 0 radical (unpaired) electrons. The second kappa shape index (κ2) is 6.53. The molecule has 1 aromatic carbocycles. The summed E-state index contributed by atoms with van der Waals surface area (Å²) in [7, 11) is -3.09. The lowest BCUT2D eigenvalue weighted by atomic mass is 10.0. The fraction of sp³-hybridized carbons (Fsp3) is 0.600. The molecule has 0 aliphatic heterocycles. The zero-order chi connectivity index (χ0) is 14.6. The van der Waals surface area contributed by atoms with Gasteiger partial charge in [0, 0.05) is 6.04 Å². The van der Waals surface area contributed by atoms with Crippen LogP contribution in [0.1, 0.15) is 43.0 Å². The van der Waals surface area contributed by atoms with Crippen LogP contribution in [0.3, 0.4) is 0 Å². The second-order valence-corrected chi connectivity index (χ2v) is 7.71. The first-order valence-corrected chi connectivity index (χ1v) is 8.60. The van der Waals surface area contributed by atoms with Gasteiger partial charge in [0.05, 0.1) is 11.5 Å². The summed E-state index contributed by atoms with van der Waals surface area (Å²) in [6.45, 7) is 7.92. The third-order valence-electron chi connectivity index (χ3n) is 3.50. The molecule has 2 atom stereocenters. The SMILES string of the molecule is CCC(C)CS(=O)(=O)CC(N)c1cc(C)ccc1C. The van der Waals surface area contributed by atoms with Crippen LogP contribution in [0.2, 0.25) is 0 Å². The largest absolute Gasteiger partial charge is 0.323 e. The highest BCUT2D eigenvalue weighted by atomic mass is 32.2. The third-order valence-corrected chi connectivity index (χ3v) is 5.45. The highest BCUT2D eigenvalue weighted by Crippen LogP contribution is 2.20. The van der Waals surface area contributed by atoms with Crippen LogP contribution in [0.5, 0.6) is 0 Å². The smallest absolute Gasteiger partial charge is 0.152 e. The molecular formula is C15H25NO2S. The van der Waals surface area contributed by atoms with Crippen LogP contribution in [0.4, 0.5) is 0 Å². The molecule has 0 heterocycles. The molecule has 0 amide bonds. The molecule has 0 fully saturated rings. The van der Waals surface area contributed by atoms with E-state index in [2.05, 4.69) is 0 Å². The van der Waals surface area contributed by atoms with Gasteiger partial charge in [0.15, 0.2) is 9.84 Å². The number of nitrogens with two attached hydrogens (primary N) is 1. The van der Waals surface area contributed by atoms with Crippen molar-refractivity contribution >= 4 is 9.84 Å². The Morgan fingerprint density at radius 3 is 2.42 bits per heavy atom. The number of aryl methyl sites for hydroxylation is 2. The van der Waals surface area contributed by atoms with E-state index in [1.807, 2.05) is 45.9 Å². The Morgan fingerprint density at radius 1 is 1.21 bits per heavy atom. The van der Waals surface area contributed by atoms with Gasteiger partial charge in [-0.15, -0.1) is 0 Å². The van der Waals surface area contributed by atoms with Crippen LogP contribution in [-0.4, -0.2) is 19.9 Å². The maximum absolute atomic E-state index is 12.1. The summed E-state index contributed by atoms with van der Waals surface area (Å²) in [4.78, 5) is 0. The normalized spacial score (nSPS) is 15.2. The Hall–Kier alpha value is -0.870. The number of benzene rings is 1. The van der Waals surface area contributed by atoms with Crippen LogP contribution in [0, 0.1) is 19.8 Å². The first kappa shape index (κ1) is 16.2. The zero-order valence-electron chi connectivity index (χ0n) is 12.3. The van der Waals surface area contributed by atoms with Crippen molar-refractivity contribution in [2.24, 2.45) is 11.7 Å². The van der Waals surface area contributed by atoms with Gasteiger partial charge in [-0.2, -0.15) is 0 Å². The van der Waals surface area contributed by atoms with Crippen LogP contribution in [-0.2, 0) is 9.84 Å². The lowest BCUT2D eigenvalue weighted by molar-refractivity contribution is 0.559. The summed E-state index contributed by atoms with van der Waals surface area (Å²) in [5.74, 6) is 0.444. The van der Waals surface area contributed by atoms with E-state index in [1.165, 1.54) is 0 Å². The number of hydrogen-bond donors (Lipinski definition) is 1. The Labute approximate surface area is 117 Å². The molecule has 0 aliphatic rings. The molecule has 0 saturated heterocycles. The molecule has 19 heavy (non-hydrogen) atoms. The van der Waals surface area contributed by atoms with Gasteiger partial charge in [-0.25, -0.2) is 8.42 Å². The molecule has 0 aromatic heterocycles. The lowest BCUT2D eigenvalue weighted by Crippen LogP contribution is -2.26. The summed E-state index contributed by atoms with van der Waals surface area (Å²) in [6.07, 6.45) is 0.873. The van der Waals surface area contributed by atoms with E-state index in [1.54, 1.807) is 0 Å². The van der Waals surface area contributed by atoms with Crippen molar-refractivity contribution in [2.45, 2.75) is 40.2 Å². The molecule has 3 nitrogen and oxygen atoms in total. The zero-order valence-corrected chi connectivity index (χ0v) is 13.1. The molecule has 1 rings (SSSR count). The standard InChI is InChI=1S/C15H25NO2S/c1-5-11(2)9-19(17,18)10-15(16)14-8-12(3)6-7-13(14)4/h6-8,11,15H,5,9-10,16H2,1-4H3. The van der Waals surface area contributed by atoms with E-state index < -0.39 is 15.9 Å². The molecule has 2 unspecified atom stereocenters. The monoisotopic (exact) mass is 283 g/mol. The molecule has 1 aromatic rings. The van der Waals surface area contributed by atoms with Gasteiger partial charge in [0.1, 0.15) is 0 Å². The topological polar surface area (TPSA) is 60.2 Å². The highest BCUT2D eigenvalue weighted by Gasteiger charge is 2.21. The van der Waals surface area contributed by atoms with Crippen LogP contribution in [0.25, 0.3) is 0 Å². The number of rotatable bonds is 6. The second-order valence-electron chi connectivity index (χ2n) is 5.56. The molecule has 2 N–H and O–H groups in total. The molecule has 0 spiro atoms. The van der Waals surface area contributed by atoms with Crippen LogP contribution < -0.4 is 5.73 Å². The summed E-state index contributed by atoms with van der Waals surface area (Å²) < 4.78 is 24.2. The van der Waals surface area contributed by atoms with Gasteiger partial charge < -0.3 is 5.73 Å². The minimum atomic E-state index is -3.09. The van der Waals surface area contributed by atoms with Crippen molar-refractivity contribution in [1.29, 1.82) is 0 Å². The van der Waals surface area contributed by atoms with Gasteiger partial charge in [0.25, 0.3) is 0 Å². The molecule has 0 bridgehead atoms.